The van der Waals surface area contributed by atoms with Crippen LogP contribution in [0.15, 0.2) is 54.6 Å². The Bertz CT molecular complexity index is 766. The molecule has 0 aliphatic rings. The van der Waals surface area contributed by atoms with E-state index in [1.54, 1.807) is 24.3 Å². The third-order valence-electron chi connectivity index (χ3n) is 3.75. The highest BCUT2D eigenvalue weighted by molar-refractivity contribution is 6.39. The van der Waals surface area contributed by atoms with Crippen molar-refractivity contribution < 1.29 is 14.7 Å². The number of aliphatic hydroxyl groups excluding tert-OH is 1. The predicted molar refractivity (Wildman–Crippen MR) is 96.9 cm³/mol. The summed E-state index contributed by atoms with van der Waals surface area (Å²) >= 11 is 0. The van der Waals surface area contributed by atoms with Crippen molar-refractivity contribution >= 4 is 17.5 Å². The van der Waals surface area contributed by atoms with Crippen molar-refractivity contribution in [3.8, 4) is 12.3 Å². The number of anilines is 1. The summed E-state index contributed by atoms with van der Waals surface area (Å²) in [4.78, 5) is 24.0. The maximum Gasteiger partial charge on any atom is 0.313 e. The van der Waals surface area contributed by atoms with Crippen LogP contribution in [0.4, 0.5) is 5.69 Å². The summed E-state index contributed by atoms with van der Waals surface area (Å²) in [5.74, 6) is 0.914. The maximum atomic E-state index is 12.0. The summed E-state index contributed by atoms with van der Waals surface area (Å²) in [6.45, 7) is 0.266. The summed E-state index contributed by atoms with van der Waals surface area (Å²) < 4.78 is 0. The van der Waals surface area contributed by atoms with E-state index < -0.39 is 11.8 Å². The van der Waals surface area contributed by atoms with E-state index in [4.69, 9.17) is 6.42 Å². The minimum Gasteiger partial charge on any atom is -0.396 e. The molecule has 0 radical (unpaired) electrons. The Morgan fingerprint density at radius 1 is 1.08 bits per heavy atom. The van der Waals surface area contributed by atoms with E-state index in [0.29, 0.717) is 17.7 Å². The second kappa shape index (κ2) is 9.26. The molecule has 128 valence electrons. The first-order valence-electron chi connectivity index (χ1n) is 7.95. The molecule has 2 amide bonds. The molecule has 0 heterocycles. The average molecular weight is 336 g/mol. The zero-order valence-corrected chi connectivity index (χ0v) is 13.7. The van der Waals surface area contributed by atoms with E-state index in [-0.39, 0.29) is 19.1 Å². The van der Waals surface area contributed by atoms with Gasteiger partial charge in [0, 0.05) is 30.3 Å². The summed E-state index contributed by atoms with van der Waals surface area (Å²) in [6.07, 6.45) is 5.81. The average Bonchev–Trinajstić information content (AvgIpc) is 2.65. The molecular formula is C20H20N2O3. The number of carbonyl (C=O) groups excluding carboxylic acids is 2. The molecule has 5 heteroatoms. The molecule has 5 nitrogen and oxygen atoms in total. The van der Waals surface area contributed by atoms with Gasteiger partial charge in [0.05, 0.1) is 0 Å². The molecule has 0 saturated carbocycles. The SMILES string of the molecule is C#Cc1cccc(NC(=O)C(=O)NC[C@H](CCO)c2ccccc2)c1. The highest BCUT2D eigenvalue weighted by atomic mass is 16.3. The van der Waals surface area contributed by atoms with Gasteiger partial charge in [-0.3, -0.25) is 9.59 Å². The van der Waals surface area contributed by atoms with Crippen molar-refractivity contribution in [1.82, 2.24) is 5.32 Å². The molecule has 0 aromatic heterocycles. The molecule has 0 aliphatic heterocycles. The van der Waals surface area contributed by atoms with Crippen molar-refractivity contribution in [3.63, 3.8) is 0 Å². The van der Waals surface area contributed by atoms with Gasteiger partial charge in [0.25, 0.3) is 0 Å². The van der Waals surface area contributed by atoms with Gasteiger partial charge in [0.15, 0.2) is 0 Å². The lowest BCUT2D eigenvalue weighted by Gasteiger charge is -2.17. The highest BCUT2D eigenvalue weighted by Gasteiger charge is 2.17. The van der Waals surface area contributed by atoms with Gasteiger partial charge in [-0.2, -0.15) is 0 Å². The molecule has 2 aromatic carbocycles. The Kier molecular flexibility index (Phi) is 6.76. The fraction of sp³-hybridized carbons (Fsp3) is 0.200. The van der Waals surface area contributed by atoms with Crippen LogP contribution in [0.2, 0.25) is 0 Å². The summed E-state index contributed by atoms with van der Waals surface area (Å²) in [5.41, 5.74) is 2.08. The number of terminal acetylenes is 1. The number of hydrogen-bond donors (Lipinski definition) is 3. The Labute approximate surface area is 147 Å². The van der Waals surface area contributed by atoms with E-state index in [1.165, 1.54) is 0 Å². The smallest absolute Gasteiger partial charge is 0.313 e. The van der Waals surface area contributed by atoms with Crippen LogP contribution in [0.5, 0.6) is 0 Å². The number of carbonyl (C=O) groups is 2. The molecule has 0 bridgehead atoms. The van der Waals surface area contributed by atoms with Crippen LogP contribution in [0.1, 0.15) is 23.5 Å². The lowest BCUT2D eigenvalue weighted by atomic mass is 9.96. The van der Waals surface area contributed by atoms with E-state index >= 15 is 0 Å². The first-order chi connectivity index (χ1) is 12.1. The molecule has 2 aromatic rings. The van der Waals surface area contributed by atoms with Crippen LogP contribution in [0, 0.1) is 12.3 Å². The van der Waals surface area contributed by atoms with Crippen molar-refractivity contribution in [1.29, 1.82) is 0 Å². The van der Waals surface area contributed by atoms with E-state index in [2.05, 4.69) is 16.6 Å². The van der Waals surface area contributed by atoms with Crippen LogP contribution < -0.4 is 10.6 Å². The minimum absolute atomic E-state index is 0.000505. The highest BCUT2D eigenvalue weighted by Crippen LogP contribution is 2.18. The number of hydrogen-bond acceptors (Lipinski definition) is 3. The zero-order chi connectivity index (χ0) is 18.1. The zero-order valence-electron chi connectivity index (χ0n) is 13.7. The molecule has 3 N–H and O–H groups in total. The van der Waals surface area contributed by atoms with E-state index in [0.717, 1.165) is 5.56 Å². The largest absolute Gasteiger partial charge is 0.396 e. The summed E-state index contributed by atoms with van der Waals surface area (Å²) in [7, 11) is 0. The first-order valence-corrected chi connectivity index (χ1v) is 7.95. The lowest BCUT2D eigenvalue weighted by molar-refractivity contribution is -0.136. The topological polar surface area (TPSA) is 78.4 Å². The molecule has 1 atom stereocenters. The number of aliphatic hydroxyl groups is 1. The van der Waals surface area contributed by atoms with Gasteiger partial charge in [-0.15, -0.1) is 6.42 Å². The summed E-state index contributed by atoms with van der Waals surface area (Å²) in [5, 5.41) is 14.3. The standard InChI is InChI=1S/C20H20N2O3/c1-2-15-7-6-10-18(13-15)22-20(25)19(24)21-14-17(11-12-23)16-8-4-3-5-9-16/h1,3-10,13,17,23H,11-12,14H2,(H,21,24)(H,22,25)/t17-/m0/s1. The van der Waals surface area contributed by atoms with Crippen molar-refractivity contribution in [3.05, 3.63) is 65.7 Å². The van der Waals surface area contributed by atoms with Crippen LogP contribution in [-0.2, 0) is 9.59 Å². The fourth-order valence-electron chi connectivity index (χ4n) is 2.44. The van der Waals surface area contributed by atoms with E-state index in [9.17, 15) is 14.7 Å². The fourth-order valence-corrected chi connectivity index (χ4v) is 2.44. The first kappa shape index (κ1) is 18.2. The third kappa shape index (κ3) is 5.48. The Hall–Kier alpha value is -3.10. The molecule has 0 fully saturated rings. The maximum absolute atomic E-state index is 12.0. The Morgan fingerprint density at radius 3 is 2.52 bits per heavy atom. The Morgan fingerprint density at radius 2 is 1.84 bits per heavy atom. The minimum atomic E-state index is -0.759. The van der Waals surface area contributed by atoms with Gasteiger partial charge >= 0.3 is 11.8 Å². The van der Waals surface area contributed by atoms with Gasteiger partial charge < -0.3 is 15.7 Å². The van der Waals surface area contributed by atoms with Crippen LogP contribution in [0.3, 0.4) is 0 Å². The van der Waals surface area contributed by atoms with Crippen LogP contribution in [0.25, 0.3) is 0 Å². The number of rotatable bonds is 6. The second-order valence-electron chi connectivity index (χ2n) is 5.51. The van der Waals surface area contributed by atoms with Crippen molar-refractivity contribution in [2.75, 3.05) is 18.5 Å². The van der Waals surface area contributed by atoms with Gasteiger partial charge in [-0.05, 0) is 30.2 Å². The molecule has 2 rings (SSSR count). The van der Waals surface area contributed by atoms with Crippen molar-refractivity contribution in [2.45, 2.75) is 12.3 Å². The lowest BCUT2D eigenvalue weighted by Crippen LogP contribution is -2.37. The van der Waals surface area contributed by atoms with E-state index in [1.807, 2.05) is 30.3 Å². The summed E-state index contributed by atoms with van der Waals surface area (Å²) in [6, 6.07) is 16.3. The second-order valence-corrected chi connectivity index (χ2v) is 5.51. The monoisotopic (exact) mass is 336 g/mol. The quantitative estimate of drug-likeness (QED) is 0.557. The molecule has 0 spiro atoms. The molecule has 0 unspecified atom stereocenters. The molecular weight excluding hydrogens is 316 g/mol. The third-order valence-corrected chi connectivity index (χ3v) is 3.75. The van der Waals surface area contributed by atoms with Crippen molar-refractivity contribution in [2.24, 2.45) is 0 Å². The van der Waals surface area contributed by atoms with Gasteiger partial charge in [0.2, 0.25) is 0 Å². The van der Waals surface area contributed by atoms with Crippen LogP contribution in [-0.4, -0.2) is 30.1 Å². The van der Waals surface area contributed by atoms with Gasteiger partial charge in [0.1, 0.15) is 0 Å². The predicted octanol–water partition coefficient (Wildman–Crippen LogP) is 1.89. The normalized spacial score (nSPS) is 11.2. The number of amides is 2. The van der Waals surface area contributed by atoms with Gasteiger partial charge in [-0.1, -0.05) is 42.3 Å². The molecule has 0 saturated heterocycles. The van der Waals surface area contributed by atoms with Gasteiger partial charge in [-0.25, -0.2) is 0 Å². The molecule has 25 heavy (non-hydrogen) atoms. The number of nitrogens with one attached hydrogen (secondary N) is 2. The Balaban J connectivity index is 1.93. The van der Waals surface area contributed by atoms with Crippen LogP contribution >= 0.6 is 0 Å². The number of benzene rings is 2. The molecule has 0 aliphatic carbocycles.